The van der Waals surface area contributed by atoms with Crippen LogP contribution < -0.4 is 35.6 Å². The number of benzene rings is 4. The van der Waals surface area contributed by atoms with Gasteiger partial charge in [0, 0.05) is 61.4 Å². The maximum atomic E-state index is 16.1. The van der Waals surface area contributed by atoms with Crippen molar-refractivity contribution in [3.63, 3.8) is 0 Å². The van der Waals surface area contributed by atoms with Crippen molar-refractivity contribution in [2.75, 3.05) is 67.2 Å². The number of anilines is 4. The van der Waals surface area contributed by atoms with Gasteiger partial charge in [-0.15, -0.1) is 0 Å². The van der Waals surface area contributed by atoms with Crippen molar-refractivity contribution in [2.24, 2.45) is 11.3 Å². The molecule has 0 bridgehead atoms. The van der Waals surface area contributed by atoms with E-state index >= 15 is 8.78 Å². The molecule has 1 aliphatic carbocycles. The summed E-state index contributed by atoms with van der Waals surface area (Å²) in [5, 5.41) is 12.2. The lowest BCUT2D eigenvalue weighted by atomic mass is 9.89. The molecule has 5 aromatic rings. The van der Waals surface area contributed by atoms with Crippen molar-refractivity contribution in [2.45, 2.75) is 56.5 Å². The Kier molecular flexibility index (Phi) is 11.7. The van der Waals surface area contributed by atoms with E-state index in [2.05, 4.69) is 26.3 Å². The van der Waals surface area contributed by atoms with Crippen LogP contribution in [0.5, 0.6) is 17.2 Å². The van der Waals surface area contributed by atoms with E-state index in [-0.39, 0.29) is 29.4 Å². The Hall–Kier alpha value is -7.21. The van der Waals surface area contributed by atoms with Crippen molar-refractivity contribution >= 4 is 63.2 Å². The van der Waals surface area contributed by atoms with Gasteiger partial charge in [-0.2, -0.15) is 0 Å². The fourth-order valence-corrected chi connectivity index (χ4v) is 9.86. The molecule has 2 atom stereocenters. The molecule has 1 saturated carbocycles. The van der Waals surface area contributed by atoms with Gasteiger partial charge in [-0.25, -0.2) is 13.2 Å². The first-order valence-corrected chi connectivity index (χ1v) is 22.8. The predicted molar refractivity (Wildman–Crippen MR) is 247 cm³/mol. The number of imide groups is 1. The smallest absolute Gasteiger partial charge is 0.280 e. The van der Waals surface area contributed by atoms with Crippen molar-refractivity contribution in [3.05, 3.63) is 108 Å². The number of hydrogen-bond acceptors (Lipinski definition) is 11. The molecular formula is C50H49F3N8O7. The van der Waals surface area contributed by atoms with Gasteiger partial charge in [0.1, 0.15) is 34.5 Å². The molecule has 4 aromatic carbocycles. The number of rotatable bonds is 14. The Morgan fingerprint density at radius 2 is 1.60 bits per heavy atom. The maximum Gasteiger partial charge on any atom is 0.280 e. The van der Waals surface area contributed by atoms with Crippen molar-refractivity contribution < 1.29 is 46.6 Å². The van der Waals surface area contributed by atoms with E-state index in [1.54, 1.807) is 71.8 Å². The molecule has 4 N–H and O–H groups in total. The van der Waals surface area contributed by atoms with E-state index in [1.165, 1.54) is 31.4 Å². The number of methoxy groups -OCH3 is 1. The number of piperidine rings is 2. The van der Waals surface area contributed by atoms with E-state index in [1.807, 2.05) is 4.90 Å². The largest absolute Gasteiger partial charge is 0.495 e. The lowest BCUT2D eigenvalue weighted by Crippen LogP contribution is -2.64. The van der Waals surface area contributed by atoms with E-state index in [0.717, 1.165) is 4.90 Å². The zero-order chi connectivity index (χ0) is 47.3. The highest BCUT2D eigenvalue weighted by molar-refractivity contribution is 6.25. The molecule has 2 unspecified atom stereocenters. The summed E-state index contributed by atoms with van der Waals surface area (Å²) in [5.74, 6) is -4.19. The summed E-state index contributed by atoms with van der Waals surface area (Å²) in [4.78, 5) is 74.5. The van der Waals surface area contributed by atoms with Gasteiger partial charge in [-0.05, 0) is 123 Å². The minimum atomic E-state index is -3.03. The molecule has 5 amide bonds. The van der Waals surface area contributed by atoms with Crippen LogP contribution in [0, 0.1) is 17.2 Å². The first kappa shape index (κ1) is 44.6. The zero-order valence-electron chi connectivity index (χ0n) is 37.2. The molecule has 5 heterocycles. The molecule has 10 rings (SSSR count). The molecule has 0 radical (unpaired) electrons. The average Bonchev–Trinajstić information content (AvgIpc) is 4.10. The standard InChI is InChI=1S/C50H49F3N8O7/c1-67-41-24-35-37(55-22-16-40(35)68-33-13-11-32(12-14-33)58-48(66)49(18-19-49)47(65)57-31-9-7-30(51)8-10-31)25-39(41)59-23-17-42(50(52,53)28-59)60-26-29(27-60)15-21-54-36-5-2-4-34-43(36)46(64)61(45(34)63)38-6-3-20-56-44(38)62/h2,4-5,7-14,16,22,24-25,29,38,42,54H,3,6,15,17-21,23,26-28H2,1H3,(H,56,62)(H,57,65)(H,58,66). The third kappa shape index (κ3) is 8.41. The van der Waals surface area contributed by atoms with Crippen LogP contribution in [0.3, 0.4) is 0 Å². The highest BCUT2D eigenvalue weighted by atomic mass is 19.3. The van der Waals surface area contributed by atoms with Crippen LogP contribution in [0.2, 0.25) is 0 Å². The van der Waals surface area contributed by atoms with Gasteiger partial charge in [0.25, 0.3) is 17.7 Å². The van der Waals surface area contributed by atoms with E-state index in [4.69, 9.17) is 9.47 Å². The van der Waals surface area contributed by atoms with E-state index in [9.17, 15) is 28.4 Å². The first-order valence-electron chi connectivity index (χ1n) is 22.8. The third-order valence-corrected chi connectivity index (χ3v) is 13.8. The second-order valence-corrected chi connectivity index (χ2v) is 18.2. The maximum absolute atomic E-state index is 16.1. The summed E-state index contributed by atoms with van der Waals surface area (Å²) in [6.45, 7) is 1.89. The number of nitrogens with zero attached hydrogens (tertiary/aromatic N) is 4. The van der Waals surface area contributed by atoms with Crippen molar-refractivity contribution in [1.82, 2.24) is 20.1 Å². The summed E-state index contributed by atoms with van der Waals surface area (Å²) >= 11 is 0. The molecule has 4 aliphatic heterocycles. The van der Waals surface area contributed by atoms with Gasteiger partial charge < -0.3 is 35.6 Å². The number of carbonyl (C=O) groups is 5. The second kappa shape index (κ2) is 17.8. The molecule has 15 nitrogen and oxygen atoms in total. The SMILES string of the molecule is COc1cc2c(Oc3ccc(NC(=O)C4(C(=O)Nc5ccc(F)cc5)CC4)cc3)ccnc2cc1N1CCC(N2CC(CCNc3cccc4c3C(=O)N(C3CCCNC3=O)C4=O)C2)C(F)(F)C1. The number of halogens is 3. The van der Waals surface area contributed by atoms with Gasteiger partial charge >= 0.3 is 0 Å². The molecular weight excluding hydrogens is 882 g/mol. The van der Waals surface area contributed by atoms with E-state index < -0.39 is 59.4 Å². The normalized spacial score (nSPS) is 20.9. The summed E-state index contributed by atoms with van der Waals surface area (Å²) in [7, 11) is 1.49. The summed E-state index contributed by atoms with van der Waals surface area (Å²) in [6.07, 6.45) is 4.36. The van der Waals surface area contributed by atoms with Crippen LogP contribution in [0.1, 0.15) is 59.2 Å². The van der Waals surface area contributed by atoms with Gasteiger partial charge in [-0.3, -0.25) is 38.8 Å². The number of carbonyl (C=O) groups excluding carboxylic acids is 5. The number of fused-ring (bicyclic) bond motifs is 2. The Balaban J connectivity index is 0.729. The minimum Gasteiger partial charge on any atom is -0.495 e. The van der Waals surface area contributed by atoms with Gasteiger partial charge in [0.15, 0.2) is 0 Å². The van der Waals surface area contributed by atoms with Gasteiger partial charge in [0.2, 0.25) is 17.7 Å². The van der Waals surface area contributed by atoms with Crippen LogP contribution in [-0.2, 0) is 14.4 Å². The topological polar surface area (TPSA) is 175 Å². The summed E-state index contributed by atoms with van der Waals surface area (Å²) in [6, 6.07) is 20.4. The number of nitrogens with one attached hydrogen (secondary N) is 4. The lowest BCUT2D eigenvalue weighted by Gasteiger charge is -2.50. The Morgan fingerprint density at radius 1 is 0.882 bits per heavy atom. The number of alkyl halides is 2. The number of amides is 5. The highest BCUT2D eigenvalue weighted by Crippen LogP contribution is 2.48. The summed E-state index contributed by atoms with van der Waals surface area (Å²) < 4.78 is 57.5. The Labute approximate surface area is 389 Å². The fourth-order valence-electron chi connectivity index (χ4n) is 9.86. The van der Waals surface area contributed by atoms with Crippen molar-refractivity contribution in [3.8, 4) is 17.2 Å². The summed E-state index contributed by atoms with van der Waals surface area (Å²) in [5.41, 5.74) is 1.70. The minimum absolute atomic E-state index is 0.172. The Bertz CT molecular complexity index is 2820. The third-order valence-electron chi connectivity index (χ3n) is 13.8. The molecule has 1 aromatic heterocycles. The fraction of sp³-hybridized carbons (Fsp3) is 0.360. The molecule has 0 spiro atoms. The average molecular weight is 931 g/mol. The molecule has 352 valence electrons. The molecule has 18 heteroatoms. The monoisotopic (exact) mass is 930 g/mol. The van der Waals surface area contributed by atoms with Gasteiger partial charge in [0.05, 0.1) is 42.0 Å². The highest BCUT2D eigenvalue weighted by Gasteiger charge is 2.57. The predicted octanol–water partition coefficient (Wildman–Crippen LogP) is 7.05. The molecule has 3 saturated heterocycles. The molecule has 68 heavy (non-hydrogen) atoms. The van der Waals surface area contributed by atoms with Crippen LogP contribution in [0.15, 0.2) is 91.1 Å². The van der Waals surface area contributed by atoms with Crippen LogP contribution in [-0.4, -0.2) is 109 Å². The van der Waals surface area contributed by atoms with E-state index in [0.29, 0.717) is 116 Å². The number of ether oxygens (including phenoxy) is 2. The lowest BCUT2D eigenvalue weighted by molar-refractivity contribution is -0.131. The number of aromatic nitrogens is 1. The number of likely N-dealkylation sites (tertiary alicyclic amines) is 1. The first-order chi connectivity index (χ1) is 32.8. The second-order valence-electron chi connectivity index (χ2n) is 18.2. The quantitative estimate of drug-likeness (QED) is 0.0664. The molecule has 5 aliphatic rings. The number of pyridine rings is 1. The number of hydrogen-bond donors (Lipinski definition) is 4. The molecule has 4 fully saturated rings. The van der Waals surface area contributed by atoms with Crippen LogP contribution in [0.25, 0.3) is 10.9 Å². The van der Waals surface area contributed by atoms with Gasteiger partial charge in [-0.1, -0.05) is 6.07 Å². The van der Waals surface area contributed by atoms with Crippen molar-refractivity contribution in [1.29, 1.82) is 0 Å². The van der Waals surface area contributed by atoms with Crippen LogP contribution in [0.4, 0.5) is 35.9 Å². The van der Waals surface area contributed by atoms with Crippen LogP contribution >= 0.6 is 0 Å². The Morgan fingerprint density at radius 3 is 2.28 bits per heavy atom. The zero-order valence-corrected chi connectivity index (χ0v) is 37.2.